The number of para-hydroxylation sites is 1. The number of fused-ring (bicyclic) bond motifs is 1. The molecule has 0 atom stereocenters. The Labute approximate surface area is 189 Å². The summed E-state index contributed by atoms with van der Waals surface area (Å²) in [5.41, 5.74) is 2.51. The van der Waals surface area contributed by atoms with Gasteiger partial charge in [-0.2, -0.15) is 0 Å². The number of hydrogen-bond donors (Lipinski definition) is 3. The molecule has 0 unspecified atom stereocenters. The molecule has 0 aliphatic heterocycles. The average molecular weight is 509 g/mol. The van der Waals surface area contributed by atoms with Crippen LogP contribution in [0.1, 0.15) is 32.2 Å². The van der Waals surface area contributed by atoms with Gasteiger partial charge in [0.1, 0.15) is 12.2 Å². The van der Waals surface area contributed by atoms with E-state index >= 15 is 0 Å². The maximum Gasteiger partial charge on any atom is 0.191 e. The fraction of sp³-hybridized carbons (Fsp3) is 0.476. The van der Waals surface area contributed by atoms with Crippen molar-refractivity contribution in [2.45, 2.75) is 40.2 Å². The first-order chi connectivity index (χ1) is 13.7. The van der Waals surface area contributed by atoms with E-state index < -0.39 is 0 Å². The van der Waals surface area contributed by atoms with Crippen LogP contribution in [-0.4, -0.2) is 45.3 Å². The molecule has 0 aliphatic carbocycles. The monoisotopic (exact) mass is 509 g/mol. The van der Waals surface area contributed by atoms with E-state index in [0.717, 1.165) is 50.8 Å². The third-order valence-electron chi connectivity index (χ3n) is 4.63. The van der Waals surface area contributed by atoms with Crippen LogP contribution in [-0.2, 0) is 19.4 Å². The van der Waals surface area contributed by atoms with Crippen molar-refractivity contribution < 1.29 is 0 Å². The van der Waals surface area contributed by atoms with E-state index in [2.05, 4.69) is 81.6 Å². The third-order valence-corrected chi connectivity index (χ3v) is 4.63. The second-order valence-corrected chi connectivity index (χ2v) is 7.34. The molecule has 1 aromatic carbocycles. The molecule has 3 rings (SSSR count). The van der Waals surface area contributed by atoms with E-state index in [1.165, 1.54) is 16.5 Å². The summed E-state index contributed by atoms with van der Waals surface area (Å²) in [5.74, 6) is 2.39. The lowest BCUT2D eigenvalue weighted by Gasteiger charge is -2.14. The summed E-state index contributed by atoms with van der Waals surface area (Å²) < 4.78 is 2.08. The Balaban J connectivity index is 0.00000300. The Bertz CT molecular complexity index is 897. The van der Waals surface area contributed by atoms with Crippen LogP contribution in [0.2, 0.25) is 0 Å². The molecule has 158 valence electrons. The number of nitrogens with zero attached hydrogens (tertiary/aromatic N) is 4. The van der Waals surface area contributed by atoms with Gasteiger partial charge in [0, 0.05) is 49.7 Å². The molecular formula is C21H32IN7. The molecule has 0 aliphatic rings. The topological polar surface area (TPSA) is 82.9 Å². The number of H-pyrrole nitrogens is 1. The van der Waals surface area contributed by atoms with E-state index in [1.54, 1.807) is 6.33 Å². The van der Waals surface area contributed by atoms with Gasteiger partial charge in [-0.15, -0.1) is 34.2 Å². The van der Waals surface area contributed by atoms with Crippen LogP contribution in [0.5, 0.6) is 0 Å². The Morgan fingerprint density at radius 3 is 2.79 bits per heavy atom. The van der Waals surface area contributed by atoms with Crippen molar-refractivity contribution in [1.82, 2.24) is 30.4 Å². The molecule has 0 bridgehead atoms. The van der Waals surface area contributed by atoms with Crippen LogP contribution in [0.25, 0.3) is 10.9 Å². The van der Waals surface area contributed by atoms with E-state index in [9.17, 15) is 0 Å². The van der Waals surface area contributed by atoms with Gasteiger partial charge in [0.2, 0.25) is 0 Å². The van der Waals surface area contributed by atoms with Crippen molar-refractivity contribution in [2.75, 3.05) is 19.6 Å². The number of hydrogen-bond acceptors (Lipinski definition) is 3. The molecule has 0 fully saturated rings. The SMILES string of the molecule is CCc1nncn1CCNC(=NCC(C)C)NCCc1c[nH]c2ccccc12.I. The highest BCUT2D eigenvalue weighted by Gasteiger charge is 2.05. The zero-order valence-corrected chi connectivity index (χ0v) is 19.8. The zero-order valence-electron chi connectivity index (χ0n) is 17.5. The number of aromatic nitrogens is 4. The highest BCUT2D eigenvalue weighted by molar-refractivity contribution is 14.0. The first-order valence-electron chi connectivity index (χ1n) is 10.1. The van der Waals surface area contributed by atoms with Crippen LogP contribution in [0.15, 0.2) is 41.8 Å². The van der Waals surface area contributed by atoms with Crippen molar-refractivity contribution >= 4 is 40.8 Å². The molecule has 2 heterocycles. The number of rotatable bonds is 9. The zero-order chi connectivity index (χ0) is 19.8. The summed E-state index contributed by atoms with van der Waals surface area (Å²) >= 11 is 0. The lowest BCUT2D eigenvalue weighted by atomic mass is 10.1. The molecule has 29 heavy (non-hydrogen) atoms. The van der Waals surface area contributed by atoms with E-state index in [-0.39, 0.29) is 24.0 Å². The van der Waals surface area contributed by atoms with Gasteiger partial charge in [-0.3, -0.25) is 4.99 Å². The molecule has 0 amide bonds. The lowest BCUT2D eigenvalue weighted by molar-refractivity contribution is 0.623. The Kier molecular flexibility index (Phi) is 9.43. The number of guanidine groups is 1. The molecule has 0 saturated carbocycles. The number of nitrogens with one attached hydrogen (secondary N) is 3. The van der Waals surface area contributed by atoms with Crippen LogP contribution in [0, 0.1) is 5.92 Å². The number of aliphatic imine (C=N–C) groups is 1. The van der Waals surface area contributed by atoms with Crippen molar-refractivity contribution in [3.8, 4) is 0 Å². The molecule has 3 aromatic rings. The molecule has 8 heteroatoms. The first kappa shape index (κ1) is 23.2. The molecule has 0 saturated heterocycles. The standard InChI is InChI=1S/C21H31N7.HI/c1-4-20-27-26-15-28(20)12-11-23-21(25-13-16(2)3)22-10-9-17-14-24-19-8-6-5-7-18(17)19;/h5-8,14-16,24H,4,9-13H2,1-3H3,(H2,22,23,25);1H. The fourth-order valence-corrected chi connectivity index (χ4v) is 3.14. The summed E-state index contributed by atoms with van der Waals surface area (Å²) in [6, 6.07) is 8.41. The molecule has 3 N–H and O–H groups in total. The van der Waals surface area contributed by atoms with Gasteiger partial charge in [0.05, 0.1) is 0 Å². The normalized spacial score (nSPS) is 11.7. The smallest absolute Gasteiger partial charge is 0.191 e. The Morgan fingerprint density at radius 2 is 2.00 bits per heavy atom. The largest absolute Gasteiger partial charge is 0.361 e. The maximum absolute atomic E-state index is 4.71. The van der Waals surface area contributed by atoms with Gasteiger partial charge in [-0.05, 0) is 24.0 Å². The van der Waals surface area contributed by atoms with Crippen LogP contribution >= 0.6 is 24.0 Å². The minimum absolute atomic E-state index is 0. The van der Waals surface area contributed by atoms with Gasteiger partial charge < -0.3 is 20.2 Å². The summed E-state index contributed by atoms with van der Waals surface area (Å²) in [5, 5.41) is 16.3. The number of halogens is 1. The average Bonchev–Trinajstić information content (AvgIpc) is 3.32. The van der Waals surface area contributed by atoms with Crippen molar-refractivity contribution in [3.05, 3.63) is 48.2 Å². The molecular weight excluding hydrogens is 477 g/mol. The highest BCUT2D eigenvalue weighted by Crippen LogP contribution is 2.17. The van der Waals surface area contributed by atoms with Crippen LogP contribution in [0.4, 0.5) is 0 Å². The lowest BCUT2D eigenvalue weighted by Crippen LogP contribution is -2.40. The number of aromatic amines is 1. The van der Waals surface area contributed by atoms with Crippen LogP contribution in [0.3, 0.4) is 0 Å². The minimum atomic E-state index is 0. The van der Waals surface area contributed by atoms with E-state index in [0.29, 0.717) is 5.92 Å². The first-order valence-corrected chi connectivity index (χ1v) is 10.1. The van der Waals surface area contributed by atoms with Crippen molar-refractivity contribution in [3.63, 3.8) is 0 Å². The summed E-state index contributed by atoms with van der Waals surface area (Å²) in [4.78, 5) is 8.05. The van der Waals surface area contributed by atoms with Crippen molar-refractivity contribution in [1.29, 1.82) is 0 Å². The summed E-state index contributed by atoms with van der Waals surface area (Å²) in [6.45, 7) is 9.68. The number of aryl methyl sites for hydroxylation is 1. The molecule has 0 spiro atoms. The summed E-state index contributed by atoms with van der Waals surface area (Å²) in [7, 11) is 0. The Morgan fingerprint density at radius 1 is 1.21 bits per heavy atom. The van der Waals surface area contributed by atoms with Crippen LogP contribution < -0.4 is 10.6 Å². The highest BCUT2D eigenvalue weighted by atomic mass is 127. The molecule has 7 nitrogen and oxygen atoms in total. The van der Waals surface area contributed by atoms with Gasteiger partial charge in [-0.1, -0.05) is 39.0 Å². The maximum atomic E-state index is 4.71. The summed E-state index contributed by atoms with van der Waals surface area (Å²) in [6.07, 6.45) is 5.72. The van der Waals surface area contributed by atoms with E-state index in [1.807, 2.05) is 0 Å². The van der Waals surface area contributed by atoms with Gasteiger partial charge in [0.25, 0.3) is 0 Å². The van der Waals surface area contributed by atoms with Gasteiger partial charge in [0.15, 0.2) is 5.96 Å². The fourth-order valence-electron chi connectivity index (χ4n) is 3.14. The second kappa shape index (κ2) is 11.8. The van der Waals surface area contributed by atoms with Crippen molar-refractivity contribution in [2.24, 2.45) is 10.9 Å². The predicted molar refractivity (Wildman–Crippen MR) is 130 cm³/mol. The number of benzene rings is 1. The van der Waals surface area contributed by atoms with E-state index in [4.69, 9.17) is 4.99 Å². The van der Waals surface area contributed by atoms with Gasteiger partial charge in [-0.25, -0.2) is 0 Å². The molecule has 2 aromatic heterocycles. The minimum Gasteiger partial charge on any atom is -0.361 e. The Hall–Kier alpha value is -2.10. The second-order valence-electron chi connectivity index (χ2n) is 7.34. The molecule has 0 radical (unpaired) electrons. The quantitative estimate of drug-likeness (QED) is 0.235. The van der Waals surface area contributed by atoms with Gasteiger partial charge >= 0.3 is 0 Å². The third kappa shape index (κ3) is 6.73. The predicted octanol–water partition coefficient (Wildman–Crippen LogP) is 3.37.